The minimum absolute atomic E-state index is 0.0532. The standard InChI is InChI=1S/C16H16N6OS/c23-13(4-3-12-2-1-9-24-12)21-5-7-22(8-6-21)16-14-15(18-10-17-14)19-11-20-16/h1-4,9-11H,5-8H2,(H,17,18,19,20). The zero-order chi connectivity index (χ0) is 16.4. The van der Waals surface area contributed by atoms with Gasteiger partial charge in [-0.15, -0.1) is 11.3 Å². The number of thiophene rings is 1. The predicted molar refractivity (Wildman–Crippen MR) is 93.8 cm³/mol. The number of nitrogens with one attached hydrogen (secondary N) is 1. The normalized spacial score (nSPS) is 15.5. The number of aromatic nitrogens is 4. The van der Waals surface area contributed by atoms with Crippen molar-refractivity contribution in [2.45, 2.75) is 0 Å². The molecule has 1 saturated heterocycles. The van der Waals surface area contributed by atoms with Crippen LogP contribution in [0.15, 0.2) is 36.2 Å². The Hall–Kier alpha value is -2.74. The Balaban J connectivity index is 1.41. The van der Waals surface area contributed by atoms with Crippen LogP contribution in [0.2, 0.25) is 0 Å². The lowest BCUT2D eigenvalue weighted by atomic mass is 10.3. The number of H-pyrrole nitrogens is 1. The molecule has 3 aromatic heterocycles. The third-order valence-corrected chi connectivity index (χ3v) is 4.86. The number of carbonyl (C=O) groups is 1. The lowest BCUT2D eigenvalue weighted by molar-refractivity contribution is -0.126. The molecule has 0 radical (unpaired) electrons. The van der Waals surface area contributed by atoms with E-state index >= 15 is 0 Å². The third kappa shape index (κ3) is 2.88. The Kier molecular flexibility index (Phi) is 3.96. The van der Waals surface area contributed by atoms with Crippen molar-refractivity contribution in [3.05, 3.63) is 41.1 Å². The number of piperazine rings is 1. The average Bonchev–Trinajstić information content (AvgIpc) is 3.31. The lowest BCUT2D eigenvalue weighted by Crippen LogP contribution is -2.48. The van der Waals surface area contributed by atoms with Crippen molar-refractivity contribution in [1.82, 2.24) is 24.8 Å². The number of carbonyl (C=O) groups excluding carboxylic acids is 1. The summed E-state index contributed by atoms with van der Waals surface area (Å²) < 4.78 is 0. The van der Waals surface area contributed by atoms with Crippen molar-refractivity contribution < 1.29 is 4.79 Å². The smallest absolute Gasteiger partial charge is 0.246 e. The first-order valence-electron chi connectivity index (χ1n) is 7.71. The molecule has 1 aliphatic heterocycles. The maximum absolute atomic E-state index is 12.3. The number of nitrogens with zero attached hydrogens (tertiary/aromatic N) is 5. The summed E-state index contributed by atoms with van der Waals surface area (Å²) >= 11 is 1.62. The second kappa shape index (κ2) is 6.40. The predicted octanol–water partition coefficient (Wildman–Crippen LogP) is 1.78. The fourth-order valence-corrected chi connectivity index (χ4v) is 3.39. The minimum Gasteiger partial charge on any atom is -0.351 e. The molecule has 4 heterocycles. The van der Waals surface area contributed by atoms with E-state index in [-0.39, 0.29) is 5.91 Å². The first-order valence-corrected chi connectivity index (χ1v) is 8.59. The molecular weight excluding hydrogens is 324 g/mol. The van der Waals surface area contributed by atoms with Gasteiger partial charge in [-0.1, -0.05) is 6.07 Å². The van der Waals surface area contributed by atoms with E-state index in [0.29, 0.717) is 18.7 Å². The van der Waals surface area contributed by atoms with Crippen molar-refractivity contribution in [3.63, 3.8) is 0 Å². The van der Waals surface area contributed by atoms with Gasteiger partial charge in [-0.05, 0) is 17.5 Å². The Morgan fingerprint density at radius 1 is 1.21 bits per heavy atom. The maximum Gasteiger partial charge on any atom is 0.246 e. The number of anilines is 1. The van der Waals surface area contributed by atoms with Gasteiger partial charge in [0.25, 0.3) is 0 Å². The molecule has 0 aliphatic carbocycles. The van der Waals surface area contributed by atoms with Gasteiger partial charge in [0.2, 0.25) is 5.91 Å². The van der Waals surface area contributed by atoms with Crippen LogP contribution in [0.4, 0.5) is 5.82 Å². The van der Waals surface area contributed by atoms with Gasteiger partial charge in [0.15, 0.2) is 11.5 Å². The molecule has 0 atom stereocenters. The molecule has 0 saturated carbocycles. The first-order chi connectivity index (χ1) is 11.8. The summed E-state index contributed by atoms with van der Waals surface area (Å²) in [6.07, 6.45) is 6.68. The summed E-state index contributed by atoms with van der Waals surface area (Å²) in [5.41, 5.74) is 1.51. The van der Waals surface area contributed by atoms with Gasteiger partial charge < -0.3 is 14.8 Å². The molecule has 3 aromatic rings. The Morgan fingerprint density at radius 3 is 2.88 bits per heavy atom. The molecule has 0 bridgehead atoms. The summed E-state index contributed by atoms with van der Waals surface area (Å²) in [6.45, 7) is 2.83. The molecule has 1 fully saturated rings. The summed E-state index contributed by atoms with van der Waals surface area (Å²) in [5.74, 6) is 0.899. The number of fused-ring (bicyclic) bond motifs is 1. The second-order valence-electron chi connectivity index (χ2n) is 5.46. The molecule has 24 heavy (non-hydrogen) atoms. The quantitative estimate of drug-likeness (QED) is 0.735. The van der Waals surface area contributed by atoms with Crippen molar-refractivity contribution >= 4 is 40.3 Å². The zero-order valence-electron chi connectivity index (χ0n) is 12.9. The summed E-state index contributed by atoms with van der Waals surface area (Å²) in [5, 5.41) is 2.00. The Labute approximate surface area is 142 Å². The highest BCUT2D eigenvalue weighted by Crippen LogP contribution is 2.21. The van der Waals surface area contributed by atoms with Crippen LogP contribution in [0, 0.1) is 0 Å². The van der Waals surface area contributed by atoms with E-state index in [1.165, 1.54) is 6.33 Å². The maximum atomic E-state index is 12.3. The van der Waals surface area contributed by atoms with Crippen LogP contribution in [-0.4, -0.2) is 56.9 Å². The number of hydrogen-bond acceptors (Lipinski definition) is 6. The van der Waals surface area contributed by atoms with Crippen LogP contribution in [0.3, 0.4) is 0 Å². The van der Waals surface area contributed by atoms with Gasteiger partial charge in [-0.3, -0.25) is 4.79 Å². The fraction of sp³-hybridized carbons (Fsp3) is 0.250. The monoisotopic (exact) mass is 340 g/mol. The van der Waals surface area contributed by atoms with E-state index in [0.717, 1.165) is 29.3 Å². The highest BCUT2D eigenvalue weighted by Gasteiger charge is 2.22. The van der Waals surface area contributed by atoms with E-state index < -0.39 is 0 Å². The minimum atomic E-state index is 0.0532. The number of imidazole rings is 1. The largest absolute Gasteiger partial charge is 0.351 e. The highest BCUT2D eigenvalue weighted by atomic mass is 32.1. The van der Waals surface area contributed by atoms with Crippen molar-refractivity contribution in [2.24, 2.45) is 0 Å². The molecule has 0 unspecified atom stereocenters. The van der Waals surface area contributed by atoms with Crippen molar-refractivity contribution in [3.8, 4) is 0 Å². The molecular formula is C16H16N6OS. The number of hydrogen-bond donors (Lipinski definition) is 1. The summed E-state index contributed by atoms with van der Waals surface area (Å²) in [6, 6.07) is 3.97. The molecule has 4 rings (SSSR count). The van der Waals surface area contributed by atoms with E-state index in [9.17, 15) is 4.79 Å². The van der Waals surface area contributed by atoms with Crippen LogP contribution in [0.25, 0.3) is 17.2 Å². The molecule has 1 aliphatic rings. The van der Waals surface area contributed by atoms with Crippen molar-refractivity contribution in [2.75, 3.05) is 31.1 Å². The molecule has 0 spiro atoms. The third-order valence-electron chi connectivity index (χ3n) is 4.03. The number of rotatable bonds is 3. The average molecular weight is 340 g/mol. The zero-order valence-corrected chi connectivity index (χ0v) is 13.7. The SMILES string of the molecule is O=C(C=Cc1cccs1)N1CCN(c2ncnc3nc[nH]c23)CC1. The van der Waals surface area contributed by atoms with Crippen LogP contribution in [0.5, 0.6) is 0 Å². The van der Waals surface area contributed by atoms with Crippen LogP contribution >= 0.6 is 11.3 Å². The van der Waals surface area contributed by atoms with Crippen LogP contribution < -0.4 is 4.90 Å². The lowest BCUT2D eigenvalue weighted by Gasteiger charge is -2.34. The molecule has 122 valence electrons. The van der Waals surface area contributed by atoms with E-state index in [1.54, 1.807) is 23.7 Å². The topological polar surface area (TPSA) is 78.0 Å². The first kappa shape index (κ1) is 14.8. The van der Waals surface area contributed by atoms with Gasteiger partial charge >= 0.3 is 0 Å². The highest BCUT2D eigenvalue weighted by molar-refractivity contribution is 7.10. The van der Waals surface area contributed by atoms with Crippen LogP contribution in [0.1, 0.15) is 4.88 Å². The molecule has 0 aromatic carbocycles. The van der Waals surface area contributed by atoms with Crippen molar-refractivity contribution in [1.29, 1.82) is 0 Å². The van der Waals surface area contributed by atoms with Gasteiger partial charge in [-0.2, -0.15) is 0 Å². The summed E-state index contributed by atoms with van der Waals surface area (Å²) in [4.78, 5) is 33.2. The fourth-order valence-electron chi connectivity index (χ4n) is 2.78. The van der Waals surface area contributed by atoms with Gasteiger partial charge in [-0.25, -0.2) is 15.0 Å². The van der Waals surface area contributed by atoms with Gasteiger partial charge in [0.1, 0.15) is 11.8 Å². The second-order valence-corrected chi connectivity index (χ2v) is 6.44. The molecule has 1 N–H and O–H groups in total. The molecule has 7 nitrogen and oxygen atoms in total. The summed E-state index contributed by atoms with van der Waals surface area (Å²) in [7, 11) is 0. The van der Waals surface area contributed by atoms with E-state index in [4.69, 9.17) is 0 Å². The van der Waals surface area contributed by atoms with Crippen LogP contribution in [-0.2, 0) is 4.79 Å². The number of amides is 1. The van der Waals surface area contributed by atoms with Gasteiger partial charge in [0.05, 0.1) is 6.33 Å². The molecule has 8 heteroatoms. The van der Waals surface area contributed by atoms with Gasteiger partial charge in [0, 0.05) is 37.1 Å². The van der Waals surface area contributed by atoms with E-state index in [2.05, 4.69) is 24.8 Å². The number of aromatic amines is 1. The molecule has 1 amide bonds. The Bertz CT molecular complexity index is 864. The Morgan fingerprint density at radius 2 is 2.08 bits per heavy atom. The van der Waals surface area contributed by atoms with E-state index in [1.807, 2.05) is 28.5 Å².